The van der Waals surface area contributed by atoms with E-state index in [0.717, 1.165) is 30.4 Å². The van der Waals surface area contributed by atoms with Gasteiger partial charge in [-0.3, -0.25) is 4.79 Å². The number of benzene rings is 2. The molecule has 1 aliphatic heterocycles. The standard InChI is InChI=1S/C22H20Cl2N2O3/c1-13-9-15(23)4-6-19(13)26-22-18(21(27)25-12-17-3-2-8-28-17)11-14-10-16(24)5-7-20(14)29-22/h4-7,9-11,17H,2-3,8,12H2,1H3,(H,25,27)/t17-/m1/s1. The molecule has 0 unspecified atom stereocenters. The molecule has 0 spiro atoms. The zero-order valence-electron chi connectivity index (χ0n) is 15.9. The molecule has 1 amide bonds. The average Bonchev–Trinajstić information content (AvgIpc) is 3.21. The number of hydrogen-bond donors (Lipinski definition) is 1. The number of carbonyl (C=O) groups is 1. The van der Waals surface area contributed by atoms with E-state index in [1.54, 1.807) is 36.4 Å². The van der Waals surface area contributed by atoms with Gasteiger partial charge in [0.15, 0.2) is 0 Å². The van der Waals surface area contributed by atoms with E-state index in [-0.39, 0.29) is 17.6 Å². The van der Waals surface area contributed by atoms with Gasteiger partial charge in [0.1, 0.15) is 11.1 Å². The Morgan fingerprint density at radius 1 is 1.17 bits per heavy atom. The SMILES string of the molecule is Cc1cc(Cl)ccc1N=c1oc2ccc(Cl)cc2cc1C(=O)NC[C@H]1CCCO1. The Balaban J connectivity index is 1.78. The van der Waals surface area contributed by atoms with Gasteiger partial charge in [0, 0.05) is 28.6 Å². The number of aryl methyl sites for hydroxylation is 1. The number of nitrogens with zero attached hydrogens (tertiary/aromatic N) is 1. The van der Waals surface area contributed by atoms with Crippen LogP contribution in [0.5, 0.6) is 0 Å². The molecule has 1 N–H and O–H groups in total. The maximum atomic E-state index is 12.9. The smallest absolute Gasteiger partial charge is 0.256 e. The first-order valence-electron chi connectivity index (χ1n) is 9.44. The van der Waals surface area contributed by atoms with Crippen LogP contribution in [0.15, 0.2) is 51.9 Å². The van der Waals surface area contributed by atoms with Gasteiger partial charge in [0.05, 0.1) is 11.8 Å². The maximum absolute atomic E-state index is 12.9. The quantitative estimate of drug-likeness (QED) is 0.619. The monoisotopic (exact) mass is 430 g/mol. The van der Waals surface area contributed by atoms with Gasteiger partial charge in [-0.25, -0.2) is 4.99 Å². The van der Waals surface area contributed by atoms with Gasteiger partial charge in [-0.05, 0) is 67.8 Å². The van der Waals surface area contributed by atoms with Crippen molar-refractivity contribution in [2.75, 3.05) is 13.2 Å². The number of amides is 1. The first kappa shape index (κ1) is 20.0. The van der Waals surface area contributed by atoms with Crippen LogP contribution in [-0.2, 0) is 4.74 Å². The van der Waals surface area contributed by atoms with E-state index in [0.29, 0.717) is 33.4 Å². The van der Waals surface area contributed by atoms with Gasteiger partial charge in [-0.2, -0.15) is 0 Å². The van der Waals surface area contributed by atoms with Crippen LogP contribution in [0.25, 0.3) is 11.0 Å². The van der Waals surface area contributed by atoms with E-state index in [2.05, 4.69) is 10.3 Å². The van der Waals surface area contributed by atoms with Crippen molar-refractivity contribution in [3.63, 3.8) is 0 Å². The number of fused-ring (bicyclic) bond motifs is 1. The summed E-state index contributed by atoms with van der Waals surface area (Å²) in [4.78, 5) is 17.5. The highest BCUT2D eigenvalue weighted by Crippen LogP contribution is 2.23. The number of halogens is 2. The van der Waals surface area contributed by atoms with Crippen LogP contribution >= 0.6 is 23.2 Å². The Bertz CT molecular complexity index is 1130. The van der Waals surface area contributed by atoms with E-state index in [4.69, 9.17) is 32.4 Å². The average molecular weight is 431 g/mol. The third-order valence-electron chi connectivity index (χ3n) is 4.85. The topological polar surface area (TPSA) is 63.8 Å². The fraction of sp³-hybridized carbons (Fsp3) is 0.273. The van der Waals surface area contributed by atoms with Crippen LogP contribution in [-0.4, -0.2) is 25.2 Å². The number of hydrogen-bond acceptors (Lipinski definition) is 4. The summed E-state index contributed by atoms with van der Waals surface area (Å²) in [5.41, 5.74) is 2.73. The highest BCUT2D eigenvalue weighted by atomic mass is 35.5. The largest absolute Gasteiger partial charge is 0.438 e. The molecule has 2 aromatic carbocycles. The Labute approximate surface area is 178 Å². The first-order chi connectivity index (χ1) is 14.0. The summed E-state index contributed by atoms with van der Waals surface area (Å²) in [6.45, 7) is 3.09. The lowest BCUT2D eigenvalue weighted by atomic mass is 10.1. The molecule has 1 atom stereocenters. The van der Waals surface area contributed by atoms with Crippen LogP contribution in [0, 0.1) is 6.92 Å². The van der Waals surface area contributed by atoms with Crippen LogP contribution in [0.3, 0.4) is 0 Å². The van der Waals surface area contributed by atoms with Crippen molar-refractivity contribution >= 4 is 45.8 Å². The maximum Gasteiger partial charge on any atom is 0.256 e. The minimum Gasteiger partial charge on any atom is -0.438 e. The van der Waals surface area contributed by atoms with Gasteiger partial charge in [0.2, 0.25) is 5.55 Å². The van der Waals surface area contributed by atoms with Gasteiger partial charge in [-0.1, -0.05) is 23.2 Å². The molecule has 7 heteroatoms. The van der Waals surface area contributed by atoms with Gasteiger partial charge in [0.25, 0.3) is 5.91 Å². The molecule has 29 heavy (non-hydrogen) atoms. The molecular formula is C22H20Cl2N2O3. The number of ether oxygens (including phenoxy) is 1. The summed E-state index contributed by atoms with van der Waals surface area (Å²) in [6, 6.07) is 12.4. The Hall–Kier alpha value is -2.34. The molecule has 0 bridgehead atoms. The number of rotatable bonds is 4. The minimum absolute atomic E-state index is 0.0460. The fourth-order valence-corrected chi connectivity index (χ4v) is 3.72. The molecule has 2 heterocycles. The summed E-state index contributed by atoms with van der Waals surface area (Å²) in [5, 5.41) is 4.85. The molecule has 0 saturated carbocycles. The second-order valence-electron chi connectivity index (χ2n) is 7.04. The van der Waals surface area contributed by atoms with E-state index in [1.165, 1.54) is 0 Å². The van der Waals surface area contributed by atoms with E-state index >= 15 is 0 Å². The van der Waals surface area contributed by atoms with Crippen LogP contribution in [0.4, 0.5) is 5.69 Å². The lowest BCUT2D eigenvalue weighted by Gasteiger charge is -2.11. The van der Waals surface area contributed by atoms with Crippen molar-refractivity contribution < 1.29 is 13.9 Å². The van der Waals surface area contributed by atoms with Crippen LogP contribution in [0.1, 0.15) is 28.8 Å². The van der Waals surface area contributed by atoms with Gasteiger partial charge in [-0.15, -0.1) is 0 Å². The third kappa shape index (κ3) is 4.64. The predicted octanol–water partition coefficient (Wildman–Crippen LogP) is 5.19. The van der Waals surface area contributed by atoms with Gasteiger partial charge >= 0.3 is 0 Å². The Kier molecular flexibility index (Phi) is 5.90. The molecule has 3 aromatic rings. The third-order valence-corrected chi connectivity index (χ3v) is 5.32. The molecule has 0 radical (unpaired) electrons. The molecular weight excluding hydrogens is 411 g/mol. The second kappa shape index (κ2) is 8.57. The number of nitrogens with one attached hydrogen (secondary N) is 1. The zero-order chi connectivity index (χ0) is 20.4. The molecule has 150 valence electrons. The minimum atomic E-state index is -0.267. The van der Waals surface area contributed by atoms with E-state index in [1.807, 2.05) is 13.0 Å². The van der Waals surface area contributed by atoms with Crippen LogP contribution in [0.2, 0.25) is 10.0 Å². The summed E-state index contributed by atoms with van der Waals surface area (Å²) in [5.74, 6) is -0.267. The molecule has 1 fully saturated rings. The normalized spacial score (nSPS) is 17.1. The first-order valence-corrected chi connectivity index (χ1v) is 10.2. The molecule has 0 aliphatic carbocycles. The summed E-state index contributed by atoms with van der Waals surface area (Å²) in [7, 11) is 0. The van der Waals surface area contributed by atoms with Crippen molar-refractivity contribution in [3.05, 3.63) is 69.2 Å². The van der Waals surface area contributed by atoms with Gasteiger partial charge < -0.3 is 14.5 Å². The van der Waals surface area contributed by atoms with Crippen LogP contribution < -0.4 is 10.9 Å². The lowest BCUT2D eigenvalue weighted by molar-refractivity contribution is 0.0854. The van der Waals surface area contributed by atoms with E-state index in [9.17, 15) is 4.79 Å². The molecule has 1 aromatic heterocycles. The molecule has 5 nitrogen and oxygen atoms in total. The Morgan fingerprint density at radius 3 is 2.72 bits per heavy atom. The summed E-state index contributed by atoms with van der Waals surface area (Å²) < 4.78 is 11.6. The molecule has 1 aliphatic rings. The fourth-order valence-electron chi connectivity index (χ4n) is 3.31. The summed E-state index contributed by atoms with van der Waals surface area (Å²) >= 11 is 12.2. The van der Waals surface area contributed by atoms with Crippen molar-refractivity contribution in [1.29, 1.82) is 0 Å². The molecule has 4 rings (SSSR count). The number of carbonyl (C=O) groups excluding carboxylic acids is 1. The highest BCUT2D eigenvalue weighted by Gasteiger charge is 2.18. The highest BCUT2D eigenvalue weighted by molar-refractivity contribution is 6.31. The van der Waals surface area contributed by atoms with Crippen molar-refractivity contribution in [2.24, 2.45) is 4.99 Å². The van der Waals surface area contributed by atoms with Crippen molar-refractivity contribution in [2.45, 2.75) is 25.9 Å². The Morgan fingerprint density at radius 2 is 1.97 bits per heavy atom. The van der Waals surface area contributed by atoms with Crippen molar-refractivity contribution in [3.8, 4) is 0 Å². The van der Waals surface area contributed by atoms with E-state index < -0.39 is 0 Å². The predicted molar refractivity (Wildman–Crippen MR) is 114 cm³/mol. The second-order valence-corrected chi connectivity index (χ2v) is 7.91. The lowest BCUT2D eigenvalue weighted by Crippen LogP contribution is -2.34. The summed E-state index contributed by atoms with van der Waals surface area (Å²) in [6.07, 6.45) is 2.00. The van der Waals surface area contributed by atoms with Crippen molar-refractivity contribution in [1.82, 2.24) is 5.32 Å². The molecule has 1 saturated heterocycles. The zero-order valence-corrected chi connectivity index (χ0v) is 17.4.